The molecule has 1 amide bonds. The summed E-state index contributed by atoms with van der Waals surface area (Å²) in [6, 6.07) is 12.4. The van der Waals surface area contributed by atoms with Crippen molar-refractivity contribution in [3.8, 4) is 17.0 Å². The average Bonchev–Trinajstić information content (AvgIpc) is 3.05. The van der Waals surface area contributed by atoms with E-state index in [-0.39, 0.29) is 6.09 Å². The quantitative estimate of drug-likeness (QED) is 0.208. The fourth-order valence-corrected chi connectivity index (χ4v) is 6.13. The normalized spacial score (nSPS) is 16.6. The summed E-state index contributed by atoms with van der Waals surface area (Å²) in [7, 11) is 0. The second-order valence-corrected chi connectivity index (χ2v) is 13.5. The third kappa shape index (κ3) is 10.3. The molecule has 9 nitrogen and oxygen atoms in total. The zero-order valence-electron chi connectivity index (χ0n) is 27.5. The number of ether oxygens (including phenoxy) is 2. The lowest BCUT2D eigenvalue weighted by molar-refractivity contribution is 0.0184. The summed E-state index contributed by atoms with van der Waals surface area (Å²) >= 11 is 0. The zero-order valence-corrected chi connectivity index (χ0v) is 27.5. The highest BCUT2D eigenvalue weighted by Gasteiger charge is 2.26. The molecule has 2 aliphatic rings. The first-order valence-corrected chi connectivity index (χ1v) is 17.0. The lowest BCUT2D eigenvalue weighted by Crippen LogP contribution is -2.43. The van der Waals surface area contributed by atoms with E-state index in [1.165, 1.54) is 32.4 Å². The van der Waals surface area contributed by atoms with Crippen molar-refractivity contribution in [2.24, 2.45) is 5.92 Å². The highest BCUT2D eigenvalue weighted by Crippen LogP contribution is 2.29. The molecule has 0 bridgehead atoms. The van der Waals surface area contributed by atoms with Gasteiger partial charge in [0.1, 0.15) is 11.4 Å². The molecule has 2 fully saturated rings. The van der Waals surface area contributed by atoms with E-state index in [1.807, 2.05) is 50.1 Å². The number of likely N-dealkylation sites (tertiary alicyclic amines) is 2. The molecule has 2 aliphatic heterocycles. The van der Waals surface area contributed by atoms with Gasteiger partial charge < -0.3 is 29.9 Å². The molecule has 45 heavy (non-hydrogen) atoms. The van der Waals surface area contributed by atoms with E-state index in [0.29, 0.717) is 12.5 Å². The molecule has 2 aromatic heterocycles. The highest BCUT2D eigenvalue weighted by molar-refractivity contribution is 5.93. The van der Waals surface area contributed by atoms with Gasteiger partial charge in [0.25, 0.3) is 0 Å². The number of hydrogen-bond acceptors (Lipinski definition) is 8. The van der Waals surface area contributed by atoms with Gasteiger partial charge in [-0.3, -0.25) is 4.98 Å². The van der Waals surface area contributed by atoms with Crippen molar-refractivity contribution in [2.45, 2.75) is 71.3 Å². The van der Waals surface area contributed by atoms with Crippen LogP contribution in [-0.4, -0.2) is 90.4 Å². The maximum absolute atomic E-state index is 12.3. The average molecular weight is 617 g/mol. The molecule has 0 unspecified atom stereocenters. The maximum Gasteiger partial charge on any atom is 0.410 e. The number of nitrogens with zero attached hydrogens (tertiary/aromatic N) is 4. The molecule has 2 N–H and O–H groups in total. The number of aromatic nitrogens is 2. The number of fused-ring (bicyclic) bond motifs is 1. The van der Waals surface area contributed by atoms with Gasteiger partial charge in [0.2, 0.25) is 0 Å². The van der Waals surface area contributed by atoms with E-state index in [0.717, 1.165) is 98.5 Å². The summed E-state index contributed by atoms with van der Waals surface area (Å²) in [5.74, 6) is 1.46. The summed E-state index contributed by atoms with van der Waals surface area (Å²) in [4.78, 5) is 26.0. The second-order valence-electron chi connectivity index (χ2n) is 13.5. The Balaban J connectivity index is 1.03. The molecular formula is C36H52N6O3. The lowest BCUT2D eigenvalue weighted by atomic mass is 9.97. The first kappa shape index (κ1) is 32.9. The predicted octanol–water partition coefficient (Wildman–Crippen LogP) is 6.59. The Labute approximate surface area is 269 Å². The minimum absolute atomic E-state index is 0.194. The van der Waals surface area contributed by atoms with Crippen LogP contribution < -0.4 is 15.4 Å². The van der Waals surface area contributed by atoms with Gasteiger partial charge in [0.05, 0.1) is 17.8 Å². The number of rotatable bonds is 13. The van der Waals surface area contributed by atoms with Gasteiger partial charge >= 0.3 is 6.09 Å². The Morgan fingerprint density at radius 1 is 0.978 bits per heavy atom. The van der Waals surface area contributed by atoms with Crippen molar-refractivity contribution in [2.75, 3.05) is 64.3 Å². The van der Waals surface area contributed by atoms with Crippen molar-refractivity contribution >= 4 is 22.7 Å². The topological polar surface area (TPSA) is 91.8 Å². The van der Waals surface area contributed by atoms with Crippen LogP contribution in [0.3, 0.4) is 0 Å². The summed E-state index contributed by atoms with van der Waals surface area (Å²) in [6.07, 6.45) is 11.6. The first-order valence-electron chi connectivity index (χ1n) is 17.0. The number of benzene rings is 1. The number of nitrogens with one attached hydrogen (secondary N) is 2. The van der Waals surface area contributed by atoms with Gasteiger partial charge in [0.15, 0.2) is 0 Å². The van der Waals surface area contributed by atoms with Gasteiger partial charge in [-0.1, -0.05) is 6.42 Å². The van der Waals surface area contributed by atoms with Crippen LogP contribution in [0.15, 0.2) is 48.8 Å². The number of hydrogen-bond donors (Lipinski definition) is 2. The Morgan fingerprint density at radius 2 is 1.76 bits per heavy atom. The third-order valence-electron chi connectivity index (χ3n) is 8.64. The monoisotopic (exact) mass is 616 g/mol. The van der Waals surface area contributed by atoms with Gasteiger partial charge in [0, 0.05) is 48.7 Å². The van der Waals surface area contributed by atoms with Crippen LogP contribution in [0, 0.1) is 5.92 Å². The number of piperidine rings is 2. The van der Waals surface area contributed by atoms with Crippen LogP contribution in [0.2, 0.25) is 0 Å². The Morgan fingerprint density at radius 3 is 2.51 bits per heavy atom. The molecule has 4 heterocycles. The molecule has 5 rings (SSSR count). The highest BCUT2D eigenvalue weighted by atomic mass is 16.6. The van der Waals surface area contributed by atoms with Gasteiger partial charge in [-0.15, -0.1) is 0 Å². The van der Waals surface area contributed by atoms with E-state index < -0.39 is 5.60 Å². The van der Waals surface area contributed by atoms with E-state index in [4.69, 9.17) is 14.5 Å². The summed E-state index contributed by atoms with van der Waals surface area (Å²) in [5, 5.41) is 8.30. The lowest BCUT2D eigenvalue weighted by Gasteiger charge is -2.33. The molecule has 3 aromatic rings. The molecular weight excluding hydrogens is 564 g/mol. The Kier molecular flexibility index (Phi) is 11.9. The number of amides is 1. The fourth-order valence-electron chi connectivity index (χ4n) is 6.13. The van der Waals surface area contributed by atoms with Gasteiger partial charge in [-0.05, 0) is 134 Å². The minimum Gasteiger partial charge on any atom is -0.494 e. The fraction of sp³-hybridized carbons (Fsp3) is 0.583. The Hall–Kier alpha value is -3.43. The smallest absolute Gasteiger partial charge is 0.410 e. The molecule has 0 aliphatic carbocycles. The van der Waals surface area contributed by atoms with Crippen molar-refractivity contribution in [3.63, 3.8) is 0 Å². The zero-order chi connectivity index (χ0) is 31.5. The van der Waals surface area contributed by atoms with Crippen LogP contribution in [0.25, 0.3) is 22.2 Å². The predicted molar refractivity (Wildman–Crippen MR) is 182 cm³/mol. The number of carbonyl (C=O) groups excluding carboxylic acids is 1. The molecule has 2 saturated heterocycles. The van der Waals surface area contributed by atoms with Crippen LogP contribution in [0.5, 0.6) is 5.75 Å². The molecule has 244 valence electrons. The van der Waals surface area contributed by atoms with E-state index in [9.17, 15) is 4.79 Å². The molecule has 0 spiro atoms. The number of anilines is 1. The van der Waals surface area contributed by atoms with Crippen LogP contribution in [0.1, 0.15) is 65.7 Å². The molecule has 0 radical (unpaired) electrons. The van der Waals surface area contributed by atoms with Crippen molar-refractivity contribution < 1.29 is 14.3 Å². The van der Waals surface area contributed by atoms with Crippen LogP contribution in [0.4, 0.5) is 10.5 Å². The summed E-state index contributed by atoms with van der Waals surface area (Å²) in [5.41, 5.74) is 3.60. The second kappa shape index (κ2) is 16.2. The SMILES string of the molecule is CC(C)(C)OC(=O)N1CCC(CNCCCOc2ccc(-c3cc(NCCCN4CCCCC4)c4cnccc4n3)cc2)CC1. The van der Waals surface area contributed by atoms with E-state index >= 15 is 0 Å². The van der Waals surface area contributed by atoms with E-state index in [2.05, 4.69) is 38.7 Å². The molecule has 0 atom stereocenters. The van der Waals surface area contributed by atoms with Gasteiger partial charge in [-0.25, -0.2) is 9.78 Å². The van der Waals surface area contributed by atoms with Crippen molar-refractivity contribution in [1.82, 2.24) is 25.1 Å². The largest absolute Gasteiger partial charge is 0.494 e. The number of carbonyl (C=O) groups is 1. The van der Waals surface area contributed by atoms with Gasteiger partial charge in [-0.2, -0.15) is 0 Å². The molecule has 9 heteroatoms. The summed E-state index contributed by atoms with van der Waals surface area (Å²) < 4.78 is 11.5. The first-order chi connectivity index (χ1) is 21.8. The van der Waals surface area contributed by atoms with Crippen molar-refractivity contribution in [3.05, 3.63) is 48.8 Å². The standard InChI is InChI=1S/C36H52N6O3/c1-36(2,3)45-35(43)42-22-14-28(15-23-42)26-37-16-8-24-44-30-11-9-29(10-12-30)33-25-34(31-27-38-18-13-32(31)40-33)39-17-7-21-41-19-5-4-6-20-41/h9-13,18,25,27-28,37H,4-8,14-17,19-24,26H2,1-3H3,(H,39,40). The third-order valence-corrected chi connectivity index (χ3v) is 8.64. The molecule has 1 aromatic carbocycles. The summed E-state index contributed by atoms with van der Waals surface area (Å²) in [6.45, 7) is 14.4. The number of pyridine rings is 2. The molecule has 0 saturated carbocycles. The Bertz CT molecular complexity index is 1350. The minimum atomic E-state index is -0.445. The van der Waals surface area contributed by atoms with Crippen LogP contribution in [-0.2, 0) is 4.74 Å². The van der Waals surface area contributed by atoms with Crippen LogP contribution >= 0.6 is 0 Å². The maximum atomic E-state index is 12.3. The van der Waals surface area contributed by atoms with E-state index in [1.54, 1.807) is 6.20 Å². The van der Waals surface area contributed by atoms with Crippen molar-refractivity contribution in [1.29, 1.82) is 0 Å².